The number of piperidine rings is 1. The van der Waals surface area contributed by atoms with Crippen molar-refractivity contribution in [1.82, 2.24) is 15.6 Å². The van der Waals surface area contributed by atoms with Gasteiger partial charge in [0.2, 0.25) is 5.91 Å². The van der Waals surface area contributed by atoms with Crippen molar-refractivity contribution in [2.24, 2.45) is 16.6 Å². The predicted molar refractivity (Wildman–Crippen MR) is 118 cm³/mol. The van der Waals surface area contributed by atoms with Crippen LogP contribution in [0.15, 0.2) is 23.3 Å². The number of nitrogens with two attached hydrogens (primary N) is 1. The normalized spacial score (nSPS) is 17.2. The van der Waals surface area contributed by atoms with E-state index in [9.17, 15) is 4.79 Å². The number of nitrogens with zero attached hydrogens (tertiary/aromatic N) is 3. The van der Waals surface area contributed by atoms with Crippen LogP contribution in [-0.2, 0) is 16.1 Å². The third-order valence-electron chi connectivity index (χ3n) is 4.48. The van der Waals surface area contributed by atoms with Crippen LogP contribution in [0.1, 0.15) is 24.8 Å². The highest BCUT2D eigenvalue weighted by atomic mass is 127. The lowest BCUT2D eigenvalue weighted by Crippen LogP contribution is -2.42. The van der Waals surface area contributed by atoms with Crippen LogP contribution in [0.25, 0.3) is 0 Å². The summed E-state index contributed by atoms with van der Waals surface area (Å²) in [5.41, 5.74) is 6.57. The van der Waals surface area contributed by atoms with Gasteiger partial charge in [0.1, 0.15) is 5.82 Å². The molecule has 0 radical (unpaired) electrons. The highest BCUT2D eigenvalue weighted by Crippen LogP contribution is 2.24. The Hall–Kier alpha value is -1.62. The van der Waals surface area contributed by atoms with E-state index in [4.69, 9.17) is 10.5 Å². The maximum Gasteiger partial charge on any atom is 0.222 e. The number of aliphatic imine (C=N–C) groups is 1. The summed E-state index contributed by atoms with van der Waals surface area (Å²) in [7, 11) is 3.44. The molecule has 152 valence electrons. The topological polar surface area (TPSA) is 105 Å². The zero-order valence-electron chi connectivity index (χ0n) is 16.1. The summed E-state index contributed by atoms with van der Waals surface area (Å²) >= 11 is 0. The maximum atomic E-state index is 11.5. The van der Waals surface area contributed by atoms with Crippen LogP contribution in [0, 0.1) is 5.92 Å². The van der Waals surface area contributed by atoms with Gasteiger partial charge >= 0.3 is 0 Å². The molecule has 9 heteroatoms. The number of halogens is 1. The Morgan fingerprint density at radius 1 is 1.48 bits per heavy atom. The third-order valence-corrected chi connectivity index (χ3v) is 4.48. The average molecular weight is 490 g/mol. The molecule has 1 amide bonds. The fraction of sp³-hybridized carbons (Fsp3) is 0.611. The lowest BCUT2D eigenvalue weighted by atomic mass is 9.97. The molecule has 0 saturated carbocycles. The molecule has 1 saturated heterocycles. The Kier molecular flexibility index (Phi) is 11.0. The summed E-state index contributed by atoms with van der Waals surface area (Å²) in [4.78, 5) is 22.5. The maximum absolute atomic E-state index is 11.5. The van der Waals surface area contributed by atoms with Gasteiger partial charge in [-0.15, -0.1) is 24.0 Å². The number of hydrogen-bond donors (Lipinski definition) is 3. The minimum atomic E-state index is -0.231. The van der Waals surface area contributed by atoms with Crippen molar-refractivity contribution in [3.8, 4) is 0 Å². The molecule has 0 aliphatic carbocycles. The standard InChI is InChI=1S/C18H30N6O2.HI/c1-20-18(22-9-5-11-26-2)23-12-14-6-3-8-21-17(14)24-10-4-7-15(13-24)16(19)25;/h3,6,8,15H,4-5,7,9-13H2,1-2H3,(H2,19,25)(H2,20,22,23);1H. The molecule has 0 aromatic carbocycles. The van der Waals surface area contributed by atoms with Crippen molar-refractivity contribution in [3.63, 3.8) is 0 Å². The molecule has 1 aliphatic rings. The van der Waals surface area contributed by atoms with Gasteiger partial charge in [0.25, 0.3) is 0 Å². The zero-order valence-corrected chi connectivity index (χ0v) is 18.4. The van der Waals surface area contributed by atoms with Gasteiger partial charge in [0.15, 0.2) is 5.96 Å². The Bertz CT molecular complexity index is 613. The number of nitrogens with one attached hydrogen (secondary N) is 2. The predicted octanol–water partition coefficient (Wildman–Crippen LogP) is 1.10. The molecule has 2 heterocycles. The number of amides is 1. The molecule has 1 aliphatic heterocycles. The number of carbonyl (C=O) groups is 1. The van der Waals surface area contributed by atoms with E-state index in [2.05, 4.69) is 25.5 Å². The number of anilines is 1. The van der Waals surface area contributed by atoms with Crippen LogP contribution in [0.4, 0.5) is 5.82 Å². The second-order valence-electron chi connectivity index (χ2n) is 6.37. The first kappa shape index (κ1) is 23.4. The molecular formula is C18H31IN6O2. The van der Waals surface area contributed by atoms with Crippen LogP contribution in [0.5, 0.6) is 0 Å². The molecule has 1 fully saturated rings. The molecule has 1 aromatic heterocycles. The van der Waals surface area contributed by atoms with E-state index >= 15 is 0 Å². The Labute approximate surface area is 178 Å². The largest absolute Gasteiger partial charge is 0.385 e. The first-order valence-electron chi connectivity index (χ1n) is 9.07. The molecule has 0 spiro atoms. The third kappa shape index (κ3) is 7.49. The number of primary amides is 1. The van der Waals surface area contributed by atoms with Crippen molar-refractivity contribution in [1.29, 1.82) is 0 Å². The molecule has 0 bridgehead atoms. The number of pyridine rings is 1. The summed E-state index contributed by atoms with van der Waals surface area (Å²) in [5.74, 6) is 1.30. The first-order chi connectivity index (χ1) is 12.7. The van der Waals surface area contributed by atoms with Gasteiger partial charge in [-0.2, -0.15) is 0 Å². The second kappa shape index (κ2) is 12.7. The van der Waals surface area contributed by atoms with E-state index in [1.54, 1.807) is 20.4 Å². The number of hydrogen-bond acceptors (Lipinski definition) is 5. The van der Waals surface area contributed by atoms with Gasteiger partial charge in [-0.1, -0.05) is 6.07 Å². The van der Waals surface area contributed by atoms with E-state index in [1.807, 2.05) is 12.1 Å². The van der Waals surface area contributed by atoms with Crippen molar-refractivity contribution in [3.05, 3.63) is 23.9 Å². The number of methoxy groups -OCH3 is 1. The molecule has 1 atom stereocenters. The van der Waals surface area contributed by atoms with Crippen molar-refractivity contribution in [2.45, 2.75) is 25.8 Å². The Balaban J connectivity index is 0.00000364. The monoisotopic (exact) mass is 490 g/mol. The van der Waals surface area contributed by atoms with Crippen LogP contribution in [0.3, 0.4) is 0 Å². The van der Waals surface area contributed by atoms with Crippen LogP contribution in [0.2, 0.25) is 0 Å². The van der Waals surface area contributed by atoms with Crippen molar-refractivity contribution < 1.29 is 9.53 Å². The smallest absolute Gasteiger partial charge is 0.222 e. The van der Waals surface area contributed by atoms with Crippen molar-refractivity contribution in [2.75, 3.05) is 45.3 Å². The van der Waals surface area contributed by atoms with E-state index in [0.29, 0.717) is 19.7 Å². The highest BCUT2D eigenvalue weighted by molar-refractivity contribution is 14.0. The minimum absolute atomic E-state index is 0. The van der Waals surface area contributed by atoms with E-state index < -0.39 is 0 Å². The van der Waals surface area contributed by atoms with Crippen LogP contribution < -0.4 is 21.3 Å². The van der Waals surface area contributed by atoms with Gasteiger partial charge in [0, 0.05) is 58.7 Å². The zero-order chi connectivity index (χ0) is 18.8. The molecule has 27 heavy (non-hydrogen) atoms. The summed E-state index contributed by atoms with van der Waals surface area (Å²) in [6.07, 6.45) is 4.49. The second-order valence-corrected chi connectivity index (χ2v) is 6.37. The van der Waals surface area contributed by atoms with E-state index in [0.717, 1.165) is 49.7 Å². The minimum Gasteiger partial charge on any atom is -0.385 e. The van der Waals surface area contributed by atoms with Gasteiger partial charge in [-0.05, 0) is 25.3 Å². The number of aromatic nitrogens is 1. The highest BCUT2D eigenvalue weighted by Gasteiger charge is 2.25. The summed E-state index contributed by atoms with van der Waals surface area (Å²) in [6, 6.07) is 3.96. The summed E-state index contributed by atoms with van der Waals surface area (Å²) < 4.78 is 5.05. The fourth-order valence-corrected chi connectivity index (χ4v) is 3.08. The van der Waals surface area contributed by atoms with Crippen molar-refractivity contribution >= 4 is 41.7 Å². The number of guanidine groups is 1. The lowest BCUT2D eigenvalue weighted by molar-refractivity contribution is -0.122. The molecule has 1 unspecified atom stereocenters. The Morgan fingerprint density at radius 2 is 2.30 bits per heavy atom. The molecule has 8 nitrogen and oxygen atoms in total. The van der Waals surface area contributed by atoms with Crippen LogP contribution in [-0.4, -0.2) is 57.2 Å². The van der Waals surface area contributed by atoms with Gasteiger partial charge in [0.05, 0.1) is 5.92 Å². The SMILES string of the molecule is CN=C(NCCCOC)NCc1cccnc1N1CCCC(C(N)=O)C1.I. The Morgan fingerprint density at radius 3 is 3.00 bits per heavy atom. The van der Waals surface area contributed by atoms with E-state index in [1.165, 1.54) is 0 Å². The number of ether oxygens (including phenoxy) is 1. The molecule has 2 rings (SSSR count). The number of carbonyl (C=O) groups excluding carboxylic acids is 1. The first-order valence-corrected chi connectivity index (χ1v) is 9.07. The summed E-state index contributed by atoms with van der Waals surface area (Å²) in [5, 5.41) is 6.58. The molecule has 1 aromatic rings. The fourth-order valence-electron chi connectivity index (χ4n) is 3.08. The summed E-state index contributed by atoms with van der Waals surface area (Å²) in [6.45, 7) is 3.62. The quantitative estimate of drug-likeness (QED) is 0.218. The molecular weight excluding hydrogens is 459 g/mol. The van der Waals surface area contributed by atoms with Crippen LogP contribution >= 0.6 is 24.0 Å². The van der Waals surface area contributed by atoms with E-state index in [-0.39, 0.29) is 35.8 Å². The van der Waals surface area contributed by atoms with Gasteiger partial charge in [-0.25, -0.2) is 4.98 Å². The van der Waals surface area contributed by atoms with Gasteiger partial charge in [-0.3, -0.25) is 9.79 Å². The number of rotatable bonds is 8. The van der Waals surface area contributed by atoms with Gasteiger partial charge < -0.3 is 26.0 Å². The lowest BCUT2D eigenvalue weighted by Gasteiger charge is -2.33. The molecule has 4 N–H and O–H groups in total. The average Bonchev–Trinajstić information content (AvgIpc) is 2.68.